The third-order valence-corrected chi connectivity index (χ3v) is 7.96. The Morgan fingerprint density at radius 3 is 2.71 bits per heavy atom. The second-order valence-electron chi connectivity index (χ2n) is 9.40. The number of pyridine rings is 1. The van der Waals surface area contributed by atoms with Gasteiger partial charge in [-0.15, -0.1) is 0 Å². The monoisotopic (exact) mass is 640 g/mol. The number of nitrogens with zero attached hydrogens (tertiary/aromatic N) is 6. The van der Waals surface area contributed by atoms with Gasteiger partial charge in [0, 0.05) is 46.5 Å². The molecule has 2 amide bonds. The number of benzene rings is 1. The van der Waals surface area contributed by atoms with Gasteiger partial charge in [0.1, 0.15) is 17.3 Å². The molecule has 1 aliphatic carbocycles. The largest absolute Gasteiger partial charge is 0.383 e. The first-order valence-corrected chi connectivity index (χ1v) is 13.5. The average Bonchev–Trinajstić information content (AvgIpc) is 3.61. The van der Waals surface area contributed by atoms with Gasteiger partial charge in [0.25, 0.3) is 5.91 Å². The maximum absolute atomic E-state index is 12.8. The number of piperidine rings is 1. The number of aromatic nitrogens is 5. The Hall–Kier alpha value is -3.58. The van der Waals surface area contributed by atoms with Crippen LogP contribution in [0.25, 0.3) is 22.3 Å². The first kappa shape index (κ1) is 24.7. The van der Waals surface area contributed by atoms with E-state index < -0.39 is 0 Å². The molecule has 2 fully saturated rings. The highest BCUT2D eigenvalue weighted by Gasteiger charge is 2.48. The Bertz CT molecular complexity index is 1610. The Kier molecular flexibility index (Phi) is 6.26. The molecule has 3 N–H and O–H groups in total. The number of nitrogens with one attached hydrogen (secondary N) is 1. The lowest BCUT2D eigenvalue weighted by atomic mass is 10.1. The number of rotatable bonds is 5. The Balaban J connectivity index is 1.41. The molecule has 10 nitrogen and oxygen atoms in total. The van der Waals surface area contributed by atoms with Gasteiger partial charge in [0.05, 0.1) is 22.5 Å². The van der Waals surface area contributed by atoms with Crippen LogP contribution in [0.4, 0.5) is 11.6 Å². The molecule has 12 heteroatoms. The number of fused-ring (bicyclic) bond motifs is 3. The van der Waals surface area contributed by atoms with Crippen LogP contribution >= 0.6 is 34.2 Å². The number of carbonyl (C=O) groups is 2. The molecular formula is C26H22ClIN8O2. The molecule has 2 bridgehead atoms. The fraction of sp³-hybridized carbons (Fsp3) is 0.231. The molecule has 6 rings (SSSR count). The maximum Gasteiger partial charge on any atom is 0.256 e. The van der Waals surface area contributed by atoms with Gasteiger partial charge in [-0.05, 0) is 49.1 Å². The van der Waals surface area contributed by atoms with E-state index >= 15 is 0 Å². The fourth-order valence-corrected chi connectivity index (χ4v) is 6.31. The summed E-state index contributed by atoms with van der Waals surface area (Å²) in [6.45, 7) is 4.38. The maximum atomic E-state index is 12.8. The number of halogens is 2. The van der Waals surface area contributed by atoms with Crippen LogP contribution in [0.1, 0.15) is 29.2 Å². The minimum absolute atomic E-state index is 0.0107. The van der Waals surface area contributed by atoms with E-state index in [1.807, 2.05) is 32.2 Å². The van der Waals surface area contributed by atoms with E-state index in [2.05, 4.69) is 26.8 Å². The van der Waals surface area contributed by atoms with Crippen LogP contribution in [-0.2, 0) is 4.79 Å². The number of nitrogen functional groups attached to an aromatic ring is 1. The molecule has 1 aromatic carbocycles. The van der Waals surface area contributed by atoms with Crippen LogP contribution in [0.2, 0.25) is 5.02 Å². The minimum Gasteiger partial charge on any atom is -0.383 e. The minimum atomic E-state index is -0.334. The third-order valence-electron chi connectivity index (χ3n) is 7.17. The van der Waals surface area contributed by atoms with Gasteiger partial charge in [-0.3, -0.25) is 9.59 Å². The number of anilines is 2. The molecule has 192 valence electrons. The molecule has 38 heavy (non-hydrogen) atoms. The fourth-order valence-electron chi connectivity index (χ4n) is 5.55. The summed E-state index contributed by atoms with van der Waals surface area (Å²) in [5.74, 6) is 0.701. The van der Waals surface area contributed by atoms with Gasteiger partial charge in [-0.1, -0.05) is 30.3 Å². The molecule has 4 aromatic rings. The zero-order valence-electron chi connectivity index (χ0n) is 20.0. The van der Waals surface area contributed by atoms with Gasteiger partial charge in [-0.25, -0.2) is 19.6 Å². The SMILES string of the molecule is C=CC(=O)N1C[C@@H]2C[C@H]1[C@@H](n1nc(-c3ccc(C(=O)Nc4ccccn4)cc3Cl)c3c(N)nc(I)nc31)C2. The quantitative estimate of drug-likeness (QED) is 0.189. The van der Waals surface area contributed by atoms with Crippen molar-refractivity contribution in [3.8, 4) is 11.3 Å². The first-order chi connectivity index (χ1) is 18.3. The van der Waals surface area contributed by atoms with Gasteiger partial charge in [0.15, 0.2) is 9.48 Å². The van der Waals surface area contributed by atoms with Crippen molar-refractivity contribution in [3.63, 3.8) is 0 Å². The molecule has 0 spiro atoms. The molecule has 1 saturated heterocycles. The van der Waals surface area contributed by atoms with E-state index in [-0.39, 0.29) is 29.7 Å². The summed E-state index contributed by atoms with van der Waals surface area (Å²) >= 11 is 8.75. The number of amides is 2. The molecule has 0 radical (unpaired) electrons. The highest BCUT2D eigenvalue weighted by Crippen LogP contribution is 2.46. The van der Waals surface area contributed by atoms with Crippen LogP contribution < -0.4 is 11.1 Å². The normalized spacial score (nSPS) is 20.2. The number of nitrogens with two attached hydrogens (primary N) is 1. The molecule has 2 aliphatic rings. The summed E-state index contributed by atoms with van der Waals surface area (Å²) in [5, 5.41) is 8.63. The zero-order valence-corrected chi connectivity index (χ0v) is 22.9. The average molecular weight is 641 g/mol. The van der Waals surface area contributed by atoms with E-state index in [4.69, 9.17) is 22.4 Å². The van der Waals surface area contributed by atoms with Crippen LogP contribution in [0.5, 0.6) is 0 Å². The standard InChI is InChI=1S/C26H22ClIN8O2/c1-2-20(37)35-12-13-9-17(35)18(10-13)36-24-21(23(29)32-26(28)33-24)22(34-36)15-7-6-14(11-16(15)27)25(38)31-19-5-3-4-8-30-19/h2-8,11,13,17-18H,1,9-10,12H2,(H2,29,32,33)(H,30,31,38)/t13-,17+,18+/m1/s1. The van der Waals surface area contributed by atoms with E-state index in [1.165, 1.54) is 6.08 Å². The Morgan fingerprint density at radius 2 is 2.00 bits per heavy atom. The lowest BCUT2D eigenvalue weighted by Gasteiger charge is -2.32. The van der Waals surface area contributed by atoms with Crippen LogP contribution in [-0.4, -0.2) is 54.0 Å². The summed E-state index contributed by atoms with van der Waals surface area (Å²) < 4.78 is 2.37. The van der Waals surface area contributed by atoms with Gasteiger partial charge in [0.2, 0.25) is 5.91 Å². The Morgan fingerprint density at radius 1 is 1.18 bits per heavy atom. The van der Waals surface area contributed by atoms with Crippen molar-refractivity contribution >= 4 is 68.7 Å². The zero-order chi connectivity index (χ0) is 26.6. The van der Waals surface area contributed by atoms with Crippen LogP contribution in [0.15, 0.2) is 55.3 Å². The van der Waals surface area contributed by atoms with Gasteiger partial charge in [-0.2, -0.15) is 5.10 Å². The highest BCUT2D eigenvalue weighted by molar-refractivity contribution is 14.1. The number of carbonyl (C=O) groups excluding carboxylic acids is 2. The predicted octanol–water partition coefficient (Wildman–Crippen LogP) is 4.33. The molecule has 1 saturated carbocycles. The summed E-state index contributed by atoms with van der Waals surface area (Å²) in [7, 11) is 0. The second-order valence-corrected chi connectivity index (χ2v) is 10.8. The number of hydrogen-bond acceptors (Lipinski definition) is 7. The molecule has 0 unspecified atom stereocenters. The molecule has 3 atom stereocenters. The summed E-state index contributed by atoms with van der Waals surface area (Å²) in [5.41, 5.74) is 8.49. The number of hydrogen-bond donors (Lipinski definition) is 2. The predicted molar refractivity (Wildman–Crippen MR) is 153 cm³/mol. The summed E-state index contributed by atoms with van der Waals surface area (Å²) in [6.07, 6.45) is 4.74. The number of likely N-dealkylation sites (tertiary alicyclic amines) is 1. The van der Waals surface area contributed by atoms with E-state index in [0.29, 0.717) is 48.4 Å². The molecule has 1 aliphatic heterocycles. The molecular weight excluding hydrogens is 619 g/mol. The van der Waals surface area contributed by atoms with E-state index in [0.717, 1.165) is 19.4 Å². The lowest BCUT2D eigenvalue weighted by Crippen LogP contribution is -2.42. The summed E-state index contributed by atoms with van der Waals surface area (Å²) in [4.78, 5) is 40.3. The van der Waals surface area contributed by atoms with Crippen molar-refractivity contribution in [2.75, 3.05) is 17.6 Å². The first-order valence-electron chi connectivity index (χ1n) is 12.0. The van der Waals surface area contributed by atoms with Crippen molar-refractivity contribution in [1.82, 2.24) is 29.6 Å². The summed E-state index contributed by atoms with van der Waals surface area (Å²) in [6, 6.07) is 10.2. The van der Waals surface area contributed by atoms with Crippen LogP contribution in [0.3, 0.4) is 0 Å². The van der Waals surface area contributed by atoms with Crippen molar-refractivity contribution < 1.29 is 9.59 Å². The Labute approximate surface area is 236 Å². The van der Waals surface area contributed by atoms with Crippen molar-refractivity contribution in [1.29, 1.82) is 0 Å². The molecule has 4 heterocycles. The van der Waals surface area contributed by atoms with Crippen molar-refractivity contribution in [2.24, 2.45) is 5.92 Å². The van der Waals surface area contributed by atoms with E-state index in [9.17, 15) is 9.59 Å². The highest BCUT2D eigenvalue weighted by atomic mass is 127. The third kappa shape index (κ3) is 4.19. The smallest absolute Gasteiger partial charge is 0.256 e. The van der Waals surface area contributed by atoms with Crippen molar-refractivity contribution in [3.05, 3.63) is 69.7 Å². The van der Waals surface area contributed by atoms with E-state index in [1.54, 1.807) is 42.6 Å². The van der Waals surface area contributed by atoms with Crippen LogP contribution in [0, 0.1) is 9.75 Å². The second kappa shape index (κ2) is 9.62. The topological polar surface area (TPSA) is 132 Å². The van der Waals surface area contributed by atoms with Crippen molar-refractivity contribution in [2.45, 2.75) is 24.9 Å². The van der Waals surface area contributed by atoms with Gasteiger partial charge < -0.3 is 16.0 Å². The van der Waals surface area contributed by atoms with Gasteiger partial charge >= 0.3 is 0 Å². The molecule has 3 aromatic heterocycles. The lowest BCUT2D eigenvalue weighted by molar-refractivity contribution is -0.128.